The summed E-state index contributed by atoms with van der Waals surface area (Å²) in [4.78, 5) is 10.3. The van der Waals surface area contributed by atoms with E-state index in [0.29, 0.717) is 12.1 Å². The largest absolute Gasteiger partial charge is 0.344 e. The summed E-state index contributed by atoms with van der Waals surface area (Å²) in [5, 5.41) is 4.71. The van der Waals surface area contributed by atoms with Gasteiger partial charge in [0.15, 0.2) is 6.17 Å². The zero-order valence-corrected chi connectivity index (χ0v) is 9.27. The molecular weight excluding hydrogens is 278 g/mol. The molecular formula is C9H5F4NO3S. The van der Waals surface area contributed by atoms with Crippen molar-refractivity contribution in [2.75, 3.05) is 0 Å². The fourth-order valence-corrected chi connectivity index (χ4v) is 2.50. The second kappa shape index (κ2) is 3.51. The summed E-state index contributed by atoms with van der Waals surface area (Å²) in [5.41, 5.74) is -2.48. The van der Waals surface area contributed by atoms with Crippen LogP contribution in [-0.2, 0) is 10.0 Å². The zero-order chi connectivity index (χ0) is 13.9. The van der Waals surface area contributed by atoms with E-state index in [9.17, 15) is 30.8 Å². The van der Waals surface area contributed by atoms with Gasteiger partial charge in [-0.3, -0.25) is 4.79 Å². The number of alkyl halides is 3. The number of carbonyl (C=O) groups excluding carboxylic acids is 1. The fourth-order valence-electron chi connectivity index (χ4n) is 1.76. The van der Waals surface area contributed by atoms with E-state index < -0.39 is 49.7 Å². The highest BCUT2D eigenvalue weighted by Crippen LogP contribution is 2.48. The number of sulfonamides is 1. The van der Waals surface area contributed by atoms with Gasteiger partial charge in [0.25, 0.3) is 0 Å². The molecule has 0 spiro atoms. The molecule has 18 heavy (non-hydrogen) atoms. The highest BCUT2D eigenvalue weighted by molar-refractivity contribution is 7.89. The standard InChI is InChI=1S/C9H5F4NO3S/c10-3-1-2-4(18(14,16)17)6-5(3)7(11)9(12,13)8(6)15/h1-2,7H,(H2,14,16,17)/t7-/m1/s1. The first-order valence-corrected chi connectivity index (χ1v) is 6.05. The van der Waals surface area contributed by atoms with E-state index >= 15 is 0 Å². The average Bonchev–Trinajstić information content (AvgIpc) is 2.40. The lowest BCUT2D eigenvalue weighted by molar-refractivity contribution is -0.0372. The SMILES string of the molecule is NS(=O)(=O)c1ccc(F)c2c1C(=O)C(F)(F)[C@@H]2F. The third-order valence-electron chi connectivity index (χ3n) is 2.56. The minimum absolute atomic E-state index is 0.472. The average molecular weight is 283 g/mol. The van der Waals surface area contributed by atoms with Crippen LogP contribution in [0.15, 0.2) is 17.0 Å². The van der Waals surface area contributed by atoms with Crippen molar-refractivity contribution < 1.29 is 30.8 Å². The van der Waals surface area contributed by atoms with Crippen LogP contribution in [0.4, 0.5) is 17.6 Å². The molecule has 1 aromatic carbocycles. The predicted molar refractivity (Wildman–Crippen MR) is 50.9 cm³/mol. The number of primary sulfonamides is 1. The molecule has 1 aromatic rings. The van der Waals surface area contributed by atoms with Gasteiger partial charge in [-0.25, -0.2) is 22.3 Å². The minimum Gasteiger partial charge on any atom is -0.287 e. The van der Waals surface area contributed by atoms with E-state index in [-0.39, 0.29) is 0 Å². The molecule has 0 bridgehead atoms. The number of halogens is 4. The van der Waals surface area contributed by atoms with Crippen LogP contribution in [0.1, 0.15) is 22.1 Å². The van der Waals surface area contributed by atoms with Crippen molar-refractivity contribution in [2.24, 2.45) is 5.14 Å². The van der Waals surface area contributed by atoms with Gasteiger partial charge in [-0.1, -0.05) is 0 Å². The number of benzene rings is 1. The van der Waals surface area contributed by atoms with Crippen LogP contribution in [0.3, 0.4) is 0 Å². The van der Waals surface area contributed by atoms with Gasteiger partial charge in [-0.05, 0) is 12.1 Å². The molecule has 98 valence electrons. The van der Waals surface area contributed by atoms with Gasteiger partial charge in [0.1, 0.15) is 5.82 Å². The van der Waals surface area contributed by atoms with Crippen molar-refractivity contribution in [3.8, 4) is 0 Å². The molecule has 0 aromatic heterocycles. The highest BCUT2D eigenvalue weighted by Gasteiger charge is 2.59. The lowest BCUT2D eigenvalue weighted by atomic mass is 10.1. The Hall–Kier alpha value is -1.48. The van der Waals surface area contributed by atoms with E-state index in [1.165, 1.54) is 0 Å². The van der Waals surface area contributed by atoms with Crippen LogP contribution in [0, 0.1) is 5.82 Å². The van der Waals surface area contributed by atoms with Gasteiger partial charge in [-0.2, -0.15) is 8.78 Å². The van der Waals surface area contributed by atoms with Gasteiger partial charge < -0.3 is 0 Å². The summed E-state index contributed by atoms with van der Waals surface area (Å²) in [6.07, 6.45) is -3.22. The number of Topliss-reactive ketones (excluding diaryl/α,β-unsaturated/α-hetero) is 1. The quantitative estimate of drug-likeness (QED) is 0.789. The van der Waals surface area contributed by atoms with Crippen molar-refractivity contribution in [3.05, 3.63) is 29.1 Å². The first-order chi connectivity index (χ1) is 8.08. The minimum atomic E-state index is -4.54. The lowest BCUT2D eigenvalue weighted by Gasteiger charge is -2.09. The predicted octanol–water partition coefficient (Wildman–Crippen LogP) is 1.32. The van der Waals surface area contributed by atoms with Crippen molar-refractivity contribution in [1.29, 1.82) is 0 Å². The third-order valence-corrected chi connectivity index (χ3v) is 3.52. The molecule has 2 N–H and O–H groups in total. The third kappa shape index (κ3) is 1.54. The Kier molecular flexibility index (Phi) is 2.53. The fraction of sp³-hybridized carbons (Fsp3) is 0.222. The zero-order valence-electron chi connectivity index (χ0n) is 8.45. The molecule has 0 heterocycles. The second-order valence-electron chi connectivity index (χ2n) is 3.69. The van der Waals surface area contributed by atoms with Gasteiger partial charge in [-0.15, -0.1) is 0 Å². The van der Waals surface area contributed by atoms with E-state index in [2.05, 4.69) is 0 Å². The Balaban J connectivity index is 2.89. The van der Waals surface area contributed by atoms with Crippen molar-refractivity contribution in [3.63, 3.8) is 0 Å². The van der Waals surface area contributed by atoms with E-state index in [0.717, 1.165) is 0 Å². The van der Waals surface area contributed by atoms with Crippen molar-refractivity contribution in [1.82, 2.24) is 0 Å². The second-order valence-corrected chi connectivity index (χ2v) is 5.22. The molecule has 0 fully saturated rings. The van der Waals surface area contributed by atoms with E-state index in [1.54, 1.807) is 0 Å². The molecule has 0 aliphatic heterocycles. The summed E-state index contributed by atoms with van der Waals surface area (Å²) in [6.45, 7) is 0. The molecule has 0 saturated heterocycles. The number of fused-ring (bicyclic) bond motifs is 1. The van der Waals surface area contributed by atoms with Crippen LogP contribution in [0.5, 0.6) is 0 Å². The van der Waals surface area contributed by atoms with Gasteiger partial charge in [0, 0.05) is 5.56 Å². The molecule has 0 radical (unpaired) electrons. The number of hydrogen-bond acceptors (Lipinski definition) is 3. The summed E-state index contributed by atoms with van der Waals surface area (Å²) in [6, 6.07) is 1.02. The maximum absolute atomic E-state index is 13.3. The Morgan fingerprint density at radius 2 is 1.83 bits per heavy atom. The normalized spacial score (nSPS) is 22.1. The van der Waals surface area contributed by atoms with Crippen LogP contribution >= 0.6 is 0 Å². The van der Waals surface area contributed by atoms with Gasteiger partial charge >= 0.3 is 5.92 Å². The molecule has 9 heteroatoms. The monoisotopic (exact) mass is 283 g/mol. The van der Waals surface area contributed by atoms with Crippen LogP contribution in [0.2, 0.25) is 0 Å². The van der Waals surface area contributed by atoms with Crippen LogP contribution < -0.4 is 5.14 Å². The number of hydrogen-bond donors (Lipinski definition) is 1. The molecule has 0 saturated carbocycles. The Morgan fingerprint density at radius 3 is 2.33 bits per heavy atom. The molecule has 1 aliphatic rings. The summed E-state index contributed by atoms with van der Waals surface area (Å²) < 4.78 is 75.1. The molecule has 0 amide bonds. The molecule has 1 aliphatic carbocycles. The van der Waals surface area contributed by atoms with Crippen LogP contribution in [-0.4, -0.2) is 20.1 Å². The molecule has 4 nitrogen and oxygen atoms in total. The van der Waals surface area contributed by atoms with Gasteiger partial charge in [0.2, 0.25) is 15.8 Å². The molecule has 0 unspecified atom stereocenters. The first kappa shape index (κ1) is 13.0. The number of ketones is 1. The summed E-state index contributed by atoms with van der Waals surface area (Å²) in [7, 11) is -4.54. The van der Waals surface area contributed by atoms with E-state index in [4.69, 9.17) is 5.14 Å². The Morgan fingerprint density at radius 1 is 1.28 bits per heavy atom. The number of carbonyl (C=O) groups is 1. The lowest BCUT2D eigenvalue weighted by Crippen LogP contribution is -2.27. The molecule has 1 atom stereocenters. The van der Waals surface area contributed by atoms with Crippen molar-refractivity contribution in [2.45, 2.75) is 17.0 Å². The highest BCUT2D eigenvalue weighted by atomic mass is 32.2. The summed E-state index contributed by atoms with van der Waals surface area (Å²) in [5.74, 6) is -8.01. The maximum atomic E-state index is 13.3. The Labute approximate surface area is 98.4 Å². The number of rotatable bonds is 1. The van der Waals surface area contributed by atoms with Crippen molar-refractivity contribution >= 4 is 15.8 Å². The van der Waals surface area contributed by atoms with Crippen LogP contribution in [0.25, 0.3) is 0 Å². The number of nitrogens with two attached hydrogens (primary N) is 1. The van der Waals surface area contributed by atoms with Gasteiger partial charge in [0.05, 0.1) is 10.5 Å². The summed E-state index contributed by atoms with van der Waals surface area (Å²) >= 11 is 0. The maximum Gasteiger partial charge on any atom is 0.344 e. The Bertz CT molecular complexity index is 656. The van der Waals surface area contributed by atoms with E-state index in [1.807, 2.05) is 0 Å². The smallest absolute Gasteiger partial charge is 0.287 e. The first-order valence-electron chi connectivity index (χ1n) is 4.50. The topological polar surface area (TPSA) is 77.2 Å². The molecule has 2 rings (SSSR count).